The van der Waals surface area contributed by atoms with E-state index < -0.39 is 5.91 Å². The molecule has 9 nitrogen and oxygen atoms in total. The highest BCUT2D eigenvalue weighted by Gasteiger charge is 2.18. The molecule has 0 radical (unpaired) electrons. The van der Waals surface area contributed by atoms with Gasteiger partial charge in [-0.15, -0.1) is 0 Å². The Bertz CT molecular complexity index is 1540. The lowest BCUT2D eigenvalue weighted by Gasteiger charge is -2.11. The lowest BCUT2D eigenvalue weighted by Crippen LogP contribution is -2.22. The zero-order valence-electron chi connectivity index (χ0n) is 19.4. The molecular formula is C25H22FN7O2. The number of nitrogens with one attached hydrogen (secondary N) is 1. The number of aryl methyl sites for hydroxylation is 2. The van der Waals surface area contributed by atoms with Crippen molar-refractivity contribution in [3.05, 3.63) is 83.7 Å². The van der Waals surface area contributed by atoms with Crippen LogP contribution < -0.4 is 10.1 Å². The number of carbonyl (C=O) groups is 1. The lowest BCUT2D eigenvalue weighted by molar-refractivity contribution is -0.118. The van der Waals surface area contributed by atoms with Crippen molar-refractivity contribution in [2.75, 3.05) is 11.9 Å². The van der Waals surface area contributed by atoms with Gasteiger partial charge in [-0.05, 0) is 62.2 Å². The predicted molar refractivity (Wildman–Crippen MR) is 129 cm³/mol. The van der Waals surface area contributed by atoms with Crippen molar-refractivity contribution in [3.63, 3.8) is 0 Å². The summed E-state index contributed by atoms with van der Waals surface area (Å²) in [6.07, 6.45) is 3.13. The van der Waals surface area contributed by atoms with Crippen LogP contribution in [0.1, 0.15) is 16.8 Å². The summed E-state index contributed by atoms with van der Waals surface area (Å²) < 4.78 is 21.8. The number of aromatic nitrogens is 6. The van der Waals surface area contributed by atoms with E-state index in [1.807, 2.05) is 39.0 Å². The molecule has 0 bridgehead atoms. The first-order valence-electron chi connectivity index (χ1n) is 10.9. The maximum absolute atomic E-state index is 13.1. The molecule has 0 fully saturated rings. The Kier molecular flexibility index (Phi) is 5.69. The summed E-state index contributed by atoms with van der Waals surface area (Å²) in [6, 6.07) is 13.2. The molecule has 1 amide bonds. The van der Waals surface area contributed by atoms with Gasteiger partial charge in [-0.2, -0.15) is 14.9 Å². The number of fused-ring (bicyclic) bond motifs is 1. The Labute approximate surface area is 200 Å². The van der Waals surface area contributed by atoms with Crippen LogP contribution in [-0.2, 0) is 4.79 Å². The fourth-order valence-electron chi connectivity index (χ4n) is 3.75. The largest absolute Gasteiger partial charge is 0.484 e. The first-order valence-corrected chi connectivity index (χ1v) is 10.9. The summed E-state index contributed by atoms with van der Waals surface area (Å²) >= 11 is 0. The molecule has 2 aromatic carbocycles. The minimum atomic E-state index is -0.396. The van der Waals surface area contributed by atoms with Crippen LogP contribution in [0.15, 0.2) is 61.1 Å². The summed E-state index contributed by atoms with van der Waals surface area (Å²) in [4.78, 5) is 21.4. The van der Waals surface area contributed by atoms with E-state index >= 15 is 0 Å². The molecule has 3 heterocycles. The number of nitrogens with zero attached hydrogens (tertiary/aromatic N) is 6. The molecule has 35 heavy (non-hydrogen) atoms. The fraction of sp³-hybridized carbons (Fsp3) is 0.160. The monoisotopic (exact) mass is 471 g/mol. The second-order valence-electron chi connectivity index (χ2n) is 8.08. The van der Waals surface area contributed by atoms with E-state index in [-0.39, 0.29) is 12.4 Å². The zero-order chi connectivity index (χ0) is 24.5. The second-order valence-corrected chi connectivity index (χ2v) is 8.08. The lowest BCUT2D eigenvalue weighted by atomic mass is 10.1. The molecule has 176 valence electrons. The quantitative estimate of drug-likeness (QED) is 0.401. The van der Waals surface area contributed by atoms with Crippen LogP contribution in [0.4, 0.5) is 10.2 Å². The molecule has 10 heteroatoms. The number of rotatable bonds is 6. The van der Waals surface area contributed by atoms with Gasteiger partial charge in [-0.25, -0.2) is 19.0 Å². The maximum atomic E-state index is 13.1. The standard InChI is InChI=1S/C25H22FN7O2/c1-15-5-4-6-21(17(15)3)32-24-20(12-29-32)25(28-14-27-24)33-22(11-16(2)31-33)30-23(34)13-35-19-9-7-18(26)8-10-19/h4-12,14H,13H2,1-3H3,(H,30,34). The van der Waals surface area contributed by atoms with E-state index in [4.69, 9.17) is 4.74 Å². The summed E-state index contributed by atoms with van der Waals surface area (Å²) in [5.74, 6) is 0.525. The van der Waals surface area contributed by atoms with E-state index in [0.29, 0.717) is 34.1 Å². The zero-order valence-corrected chi connectivity index (χ0v) is 19.4. The van der Waals surface area contributed by atoms with E-state index in [2.05, 4.69) is 25.5 Å². The van der Waals surface area contributed by atoms with Crippen molar-refractivity contribution in [3.8, 4) is 17.3 Å². The highest BCUT2D eigenvalue weighted by Crippen LogP contribution is 2.26. The van der Waals surface area contributed by atoms with E-state index in [1.165, 1.54) is 30.6 Å². The third-order valence-electron chi connectivity index (χ3n) is 5.63. The van der Waals surface area contributed by atoms with Crippen LogP contribution >= 0.6 is 0 Å². The fourth-order valence-corrected chi connectivity index (χ4v) is 3.75. The van der Waals surface area contributed by atoms with Crippen LogP contribution in [-0.4, -0.2) is 42.0 Å². The number of carbonyl (C=O) groups excluding carboxylic acids is 1. The van der Waals surface area contributed by atoms with Crippen molar-refractivity contribution < 1.29 is 13.9 Å². The first kappa shape index (κ1) is 22.2. The molecule has 0 unspecified atom stereocenters. The Morgan fingerprint density at radius 3 is 2.66 bits per heavy atom. The third kappa shape index (κ3) is 4.33. The molecule has 3 aromatic heterocycles. The Morgan fingerprint density at radius 2 is 1.86 bits per heavy atom. The molecule has 0 aliphatic carbocycles. The summed E-state index contributed by atoms with van der Waals surface area (Å²) in [7, 11) is 0. The van der Waals surface area contributed by atoms with Gasteiger partial charge in [0.1, 0.15) is 23.7 Å². The van der Waals surface area contributed by atoms with Crippen molar-refractivity contribution in [1.82, 2.24) is 29.5 Å². The van der Waals surface area contributed by atoms with Crippen LogP contribution in [0.5, 0.6) is 5.75 Å². The highest BCUT2D eigenvalue weighted by molar-refractivity contribution is 5.92. The topological polar surface area (TPSA) is 99.7 Å². The van der Waals surface area contributed by atoms with Gasteiger partial charge in [0, 0.05) is 6.07 Å². The Morgan fingerprint density at radius 1 is 1.06 bits per heavy atom. The van der Waals surface area contributed by atoms with Gasteiger partial charge in [0.15, 0.2) is 18.1 Å². The van der Waals surface area contributed by atoms with Crippen molar-refractivity contribution >= 4 is 22.8 Å². The van der Waals surface area contributed by atoms with Gasteiger partial charge in [0.05, 0.1) is 23.0 Å². The summed E-state index contributed by atoms with van der Waals surface area (Å²) in [6.45, 7) is 5.66. The van der Waals surface area contributed by atoms with Crippen molar-refractivity contribution in [1.29, 1.82) is 0 Å². The van der Waals surface area contributed by atoms with Crippen LogP contribution in [0.3, 0.4) is 0 Å². The molecule has 0 aliphatic rings. The Balaban J connectivity index is 1.45. The summed E-state index contributed by atoms with van der Waals surface area (Å²) in [5.41, 5.74) is 4.48. The molecule has 0 saturated heterocycles. The average molecular weight is 471 g/mol. The minimum absolute atomic E-state index is 0.250. The first-order chi connectivity index (χ1) is 16.9. The van der Waals surface area contributed by atoms with Gasteiger partial charge in [-0.1, -0.05) is 12.1 Å². The minimum Gasteiger partial charge on any atom is -0.484 e. The molecule has 0 spiro atoms. The van der Waals surface area contributed by atoms with E-state index in [0.717, 1.165) is 16.8 Å². The van der Waals surface area contributed by atoms with E-state index in [9.17, 15) is 9.18 Å². The molecule has 5 rings (SSSR count). The van der Waals surface area contributed by atoms with Gasteiger partial charge in [0.25, 0.3) is 5.91 Å². The van der Waals surface area contributed by atoms with Crippen LogP contribution in [0, 0.1) is 26.6 Å². The number of amides is 1. The number of halogens is 1. The van der Waals surface area contributed by atoms with Gasteiger partial charge >= 0.3 is 0 Å². The third-order valence-corrected chi connectivity index (χ3v) is 5.63. The van der Waals surface area contributed by atoms with Gasteiger partial charge < -0.3 is 10.1 Å². The molecule has 0 aliphatic heterocycles. The molecule has 1 N–H and O–H groups in total. The number of hydrogen-bond donors (Lipinski definition) is 1. The van der Waals surface area contributed by atoms with Crippen LogP contribution in [0.25, 0.3) is 22.5 Å². The average Bonchev–Trinajstić information content (AvgIpc) is 3.43. The smallest absolute Gasteiger partial charge is 0.263 e. The van der Waals surface area contributed by atoms with Crippen molar-refractivity contribution in [2.24, 2.45) is 0 Å². The number of hydrogen-bond acceptors (Lipinski definition) is 6. The second kappa shape index (κ2) is 8.98. The maximum Gasteiger partial charge on any atom is 0.263 e. The number of ether oxygens (including phenoxy) is 1. The Hall–Kier alpha value is -4.60. The summed E-state index contributed by atoms with van der Waals surface area (Å²) in [5, 5.41) is 12.6. The van der Waals surface area contributed by atoms with E-state index in [1.54, 1.807) is 21.6 Å². The van der Waals surface area contributed by atoms with Crippen molar-refractivity contribution in [2.45, 2.75) is 20.8 Å². The van der Waals surface area contributed by atoms with Crippen LogP contribution in [0.2, 0.25) is 0 Å². The van der Waals surface area contributed by atoms with Gasteiger partial charge in [0.2, 0.25) is 0 Å². The molecular weight excluding hydrogens is 449 g/mol. The molecule has 0 atom stereocenters. The normalized spacial score (nSPS) is 11.1. The number of benzene rings is 2. The predicted octanol–water partition coefficient (Wildman–Crippen LogP) is 4.08. The molecule has 5 aromatic rings. The SMILES string of the molecule is Cc1cc(NC(=O)COc2ccc(F)cc2)n(-c2ncnc3c2cnn3-c2cccc(C)c2C)n1. The number of anilines is 1. The molecule has 0 saturated carbocycles. The van der Waals surface area contributed by atoms with Gasteiger partial charge in [-0.3, -0.25) is 4.79 Å². The highest BCUT2D eigenvalue weighted by atomic mass is 19.1.